The van der Waals surface area contributed by atoms with E-state index < -0.39 is 5.41 Å². The van der Waals surface area contributed by atoms with Crippen molar-refractivity contribution >= 4 is 11.8 Å². The van der Waals surface area contributed by atoms with E-state index in [1.54, 1.807) is 11.1 Å². The number of hydrogen-bond donors (Lipinski definition) is 0. The molecule has 0 unspecified atom stereocenters. The first-order chi connectivity index (χ1) is 15.8. The van der Waals surface area contributed by atoms with Gasteiger partial charge < -0.3 is 4.74 Å². The van der Waals surface area contributed by atoms with Crippen molar-refractivity contribution in [3.8, 4) is 0 Å². The zero-order valence-electron chi connectivity index (χ0n) is 22.9. The quantitative estimate of drug-likeness (QED) is 0.313. The van der Waals surface area contributed by atoms with Gasteiger partial charge in [0.2, 0.25) is 0 Å². The van der Waals surface area contributed by atoms with Gasteiger partial charge in [0.05, 0.1) is 12.5 Å². The van der Waals surface area contributed by atoms with E-state index in [9.17, 15) is 9.59 Å². The van der Waals surface area contributed by atoms with Crippen LogP contribution in [0.4, 0.5) is 0 Å². The number of allylic oxidation sites excluding steroid dienone is 4. The number of fused-ring (bicyclic) bond motifs is 7. The molecule has 0 aromatic carbocycles. The van der Waals surface area contributed by atoms with Crippen molar-refractivity contribution in [1.82, 2.24) is 0 Å². The van der Waals surface area contributed by atoms with Gasteiger partial charge in [-0.1, -0.05) is 58.3 Å². The molecule has 3 nitrogen and oxygen atoms in total. The zero-order chi connectivity index (χ0) is 24.9. The Morgan fingerprint density at radius 3 is 2.29 bits per heavy atom. The van der Waals surface area contributed by atoms with Gasteiger partial charge in [-0.25, -0.2) is 0 Å². The van der Waals surface area contributed by atoms with Crippen molar-refractivity contribution in [3.05, 3.63) is 22.8 Å². The molecule has 3 heteroatoms. The van der Waals surface area contributed by atoms with Crippen LogP contribution in [-0.2, 0) is 14.3 Å². The summed E-state index contributed by atoms with van der Waals surface area (Å²) in [5.74, 6) is 1.23. The Labute approximate surface area is 207 Å². The van der Waals surface area contributed by atoms with Crippen LogP contribution in [0.25, 0.3) is 0 Å². The van der Waals surface area contributed by atoms with Gasteiger partial charge in [-0.3, -0.25) is 9.59 Å². The lowest BCUT2D eigenvalue weighted by atomic mass is 9.36. The van der Waals surface area contributed by atoms with Gasteiger partial charge in [0.25, 0.3) is 0 Å². The standard InChI is InChI=1S/C31H46O3/c1-19(2)20-9-11-29(5)21(20)10-12-31(7)25(29)24(32)17-22-23-18-28(4,26(33)34-8)14-13-27(23,3)15-16-30(22,31)6/h17,19,23,25H,9-16,18H2,1-8H3/t23-,25-,27+,28-,29-,30+,31+/m0/s1. The molecule has 5 rings (SSSR count). The summed E-state index contributed by atoms with van der Waals surface area (Å²) >= 11 is 0. The minimum absolute atomic E-state index is 0.00255. The van der Waals surface area contributed by atoms with Gasteiger partial charge >= 0.3 is 5.97 Å². The number of esters is 1. The van der Waals surface area contributed by atoms with Crippen LogP contribution in [0, 0.1) is 44.8 Å². The van der Waals surface area contributed by atoms with E-state index in [4.69, 9.17) is 4.74 Å². The van der Waals surface area contributed by atoms with Gasteiger partial charge in [0.15, 0.2) is 5.78 Å². The van der Waals surface area contributed by atoms with Crippen LogP contribution >= 0.6 is 0 Å². The number of ether oxygens (including phenoxy) is 1. The summed E-state index contributed by atoms with van der Waals surface area (Å²) < 4.78 is 5.25. The summed E-state index contributed by atoms with van der Waals surface area (Å²) in [6, 6.07) is 0. The topological polar surface area (TPSA) is 43.4 Å². The number of methoxy groups -OCH3 is 1. The Morgan fingerprint density at radius 2 is 1.65 bits per heavy atom. The van der Waals surface area contributed by atoms with E-state index >= 15 is 0 Å². The Kier molecular flexibility index (Phi) is 5.24. The van der Waals surface area contributed by atoms with Crippen molar-refractivity contribution in [2.24, 2.45) is 44.8 Å². The highest BCUT2D eigenvalue weighted by molar-refractivity contribution is 5.96. The van der Waals surface area contributed by atoms with Crippen molar-refractivity contribution in [2.45, 2.75) is 106 Å². The molecule has 188 valence electrons. The molecule has 0 aliphatic heterocycles. The third-order valence-corrected chi connectivity index (χ3v) is 12.3. The third kappa shape index (κ3) is 2.88. The third-order valence-electron chi connectivity index (χ3n) is 12.3. The van der Waals surface area contributed by atoms with Crippen LogP contribution in [0.15, 0.2) is 22.8 Å². The highest BCUT2D eigenvalue weighted by Crippen LogP contribution is 2.74. The maximum atomic E-state index is 14.2. The van der Waals surface area contributed by atoms with Crippen LogP contribution in [0.1, 0.15) is 106 Å². The zero-order valence-corrected chi connectivity index (χ0v) is 22.9. The second kappa shape index (κ2) is 7.32. The predicted molar refractivity (Wildman–Crippen MR) is 136 cm³/mol. The molecule has 0 radical (unpaired) electrons. The molecular weight excluding hydrogens is 420 g/mol. The predicted octanol–water partition coefficient (Wildman–Crippen LogP) is 7.45. The van der Waals surface area contributed by atoms with Gasteiger partial charge in [-0.15, -0.1) is 0 Å². The van der Waals surface area contributed by atoms with E-state index in [1.165, 1.54) is 19.1 Å². The Morgan fingerprint density at radius 1 is 0.971 bits per heavy atom. The van der Waals surface area contributed by atoms with Gasteiger partial charge in [0.1, 0.15) is 0 Å². The lowest BCUT2D eigenvalue weighted by molar-refractivity contribution is -0.161. The number of carbonyl (C=O) groups is 2. The molecule has 0 aromatic rings. The van der Waals surface area contributed by atoms with Gasteiger partial charge in [-0.2, -0.15) is 0 Å². The molecule has 3 fully saturated rings. The summed E-state index contributed by atoms with van der Waals surface area (Å²) in [7, 11) is 1.52. The normalized spacial score (nSPS) is 48.0. The summed E-state index contributed by atoms with van der Waals surface area (Å²) in [6.07, 6.45) is 11.7. The minimum Gasteiger partial charge on any atom is -0.469 e. The Balaban J connectivity index is 1.62. The second-order valence-corrected chi connectivity index (χ2v) is 14.2. The van der Waals surface area contributed by atoms with Crippen molar-refractivity contribution < 1.29 is 14.3 Å². The molecule has 3 saturated carbocycles. The fourth-order valence-corrected chi connectivity index (χ4v) is 9.85. The minimum atomic E-state index is -0.453. The van der Waals surface area contributed by atoms with E-state index in [-0.39, 0.29) is 39.5 Å². The smallest absolute Gasteiger partial charge is 0.311 e. The van der Waals surface area contributed by atoms with E-state index in [0.717, 1.165) is 51.4 Å². The highest BCUT2D eigenvalue weighted by atomic mass is 16.5. The SMILES string of the molecule is COC(=O)[C@@]1(C)CC[C@]2(C)CC[C@]3(C)C(=CC(=O)[C@H]4[C@@]5(C)CCC(C(C)C)=C5CC[C@]43C)[C@@H]2C1. The molecular formula is C31H46O3. The molecule has 34 heavy (non-hydrogen) atoms. The monoisotopic (exact) mass is 466 g/mol. The summed E-state index contributed by atoms with van der Waals surface area (Å²) in [5.41, 5.74) is 4.33. The van der Waals surface area contributed by atoms with E-state index in [2.05, 4.69) is 54.5 Å². The lowest BCUT2D eigenvalue weighted by Gasteiger charge is -2.67. The molecule has 0 aromatic heterocycles. The maximum Gasteiger partial charge on any atom is 0.311 e. The number of carbonyl (C=O) groups excluding carboxylic acids is 2. The average molecular weight is 467 g/mol. The van der Waals surface area contributed by atoms with Crippen LogP contribution < -0.4 is 0 Å². The van der Waals surface area contributed by atoms with Crippen molar-refractivity contribution in [3.63, 3.8) is 0 Å². The molecule has 5 aliphatic rings. The molecule has 0 N–H and O–H groups in total. The second-order valence-electron chi connectivity index (χ2n) is 14.2. The molecule has 0 amide bonds. The molecule has 0 heterocycles. The Hall–Kier alpha value is -1.38. The summed E-state index contributed by atoms with van der Waals surface area (Å²) in [6.45, 7) is 16.5. The van der Waals surface area contributed by atoms with Crippen LogP contribution in [0.3, 0.4) is 0 Å². The van der Waals surface area contributed by atoms with E-state index in [0.29, 0.717) is 11.7 Å². The van der Waals surface area contributed by atoms with Crippen LogP contribution in [0.2, 0.25) is 0 Å². The lowest BCUT2D eigenvalue weighted by Crippen LogP contribution is -2.62. The maximum absolute atomic E-state index is 14.2. The highest BCUT2D eigenvalue weighted by Gasteiger charge is 2.68. The fourth-order valence-electron chi connectivity index (χ4n) is 9.85. The summed E-state index contributed by atoms with van der Waals surface area (Å²) in [4.78, 5) is 27.0. The molecule has 0 saturated heterocycles. The molecule has 0 spiro atoms. The number of rotatable bonds is 2. The molecule has 7 atom stereocenters. The van der Waals surface area contributed by atoms with Crippen molar-refractivity contribution in [1.29, 1.82) is 0 Å². The first kappa shape index (κ1) is 24.3. The summed E-state index contributed by atoms with van der Waals surface area (Å²) in [5, 5.41) is 0. The Bertz CT molecular complexity index is 1000. The average Bonchev–Trinajstić information content (AvgIpc) is 3.12. The first-order valence-electron chi connectivity index (χ1n) is 13.8. The fraction of sp³-hybridized carbons (Fsp3) is 0.806. The molecule has 0 bridgehead atoms. The first-order valence-corrected chi connectivity index (χ1v) is 13.8. The number of ketones is 1. The van der Waals surface area contributed by atoms with Crippen molar-refractivity contribution in [2.75, 3.05) is 7.11 Å². The van der Waals surface area contributed by atoms with Gasteiger partial charge in [-0.05, 0) is 104 Å². The van der Waals surface area contributed by atoms with E-state index in [1.807, 2.05) is 0 Å². The van der Waals surface area contributed by atoms with Crippen LogP contribution in [0.5, 0.6) is 0 Å². The van der Waals surface area contributed by atoms with Crippen LogP contribution in [-0.4, -0.2) is 18.9 Å². The van der Waals surface area contributed by atoms with Gasteiger partial charge in [0, 0.05) is 5.92 Å². The largest absolute Gasteiger partial charge is 0.469 e. The molecule has 5 aliphatic carbocycles. The number of hydrogen-bond acceptors (Lipinski definition) is 3.